The molecule has 0 radical (unpaired) electrons. The molecule has 8 heteroatoms. The van der Waals surface area contributed by atoms with Gasteiger partial charge in [-0.25, -0.2) is 4.98 Å². The van der Waals surface area contributed by atoms with Crippen LogP contribution in [-0.2, 0) is 0 Å². The molecule has 112 valence electrons. The highest BCUT2D eigenvalue weighted by molar-refractivity contribution is 5.60. The number of hydrogen-bond donors (Lipinski definition) is 1. The first-order valence-electron chi connectivity index (χ1n) is 6.72. The maximum absolute atomic E-state index is 11.1. The lowest BCUT2D eigenvalue weighted by Crippen LogP contribution is -2.28. The summed E-state index contributed by atoms with van der Waals surface area (Å²) in [5.74, 6) is 0.193. The van der Waals surface area contributed by atoms with Crippen LogP contribution in [0.1, 0.15) is 20.8 Å². The number of likely N-dealkylation sites (N-methyl/N-ethyl adjacent to an activating group) is 1. The Morgan fingerprint density at radius 3 is 2.60 bits per heavy atom. The molecule has 0 saturated carbocycles. The topological polar surface area (TPSA) is 93.4 Å². The van der Waals surface area contributed by atoms with Crippen molar-refractivity contribution < 1.29 is 9.66 Å². The van der Waals surface area contributed by atoms with Crippen LogP contribution >= 0.6 is 0 Å². The van der Waals surface area contributed by atoms with Crippen molar-refractivity contribution >= 4 is 11.5 Å². The van der Waals surface area contributed by atoms with Gasteiger partial charge in [-0.2, -0.15) is 4.98 Å². The Morgan fingerprint density at radius 1 is 1.35 bits per heavy atom. The summed E-state index contributed by atoms with van der Waals surface area (Å²) in [6.45, 7) is 9.36. The Bertz CT molecular complexity index is 437. The standard InChI is InChI=1S/C12H21N5O3/c1-4-13-11-10(17(18)19)12(15-9-14-11)20-8-7-16(5-2)6-3/h9H,4-8H2,1-3H3,(H,13,14,15). The Balaban J connectivity index is 2.78. The minimum Gasteiger partial charge on any atom is -0.471 e. The molecule has 0 aliphatic rings. The van der Waals surface area contributed by atoms with Gasteiger partial charge in [0.15, 0.2) is 0 Å². The summed E-state index contributed by atoms with van der Waals surface area (Å²) >= 11 is 0. The smallest absolute Gasteiger partial charge is 0.372 e. The van der Waals surface area contributed by atoms with Crippen molar-refractivity contribution in [1.29, 1.82) is 0 Å². The summed E-state index contributed by atoms with van der Waals surface area (Å²) in [5.41, 5.74) is -0.214. The summed E-state index contributed by atoms with van der Waals surface area (Å²) in [6.07, 6.45) is 1.26. The minimum atomic E-state index is -0.523. The van der Waals surface area contributed by atoms with E-state index in [1.807, 2.05) is 6.92 Å². The third-order valence-corrected chi connectivity index (χ3v) is 2.86. The van der Waals surface area contributed by atoms with Crippen LogP contribution in [-0.4, -0.2) is 52.6 Å². The van der Waals surface area contributed by atoms with Crippen LogP contribution in [0.4, 0.5) is 11.5 Å². The van der Waals surface area contributed by atoms with E-state index in [-0.39, 0.29) is 17.4 Å². The minimum absolute atomic E-state index is 0.00751. The number of hydrogen-bond acceptors (Lipinski definition) is 7. The number of rotatable bonds is 9. The summed E-state index contributed by atoms with van der Waals surface area (Å²) in [6, 6.07) is 0. The number of nitrogens with one attached hydrogen (secondary N) is 1. The zero-order valence-corrected chi connectivity index (χ0v) is 12.1. The molecule has 0 bridgehead atoms. The maximum atomic E-state index is 11.1. The second kappa shape index (κ2) is 8.26. The first kappa shape index (κ1) is 16.1. The molecule has 1 aromatic rings. The fraction of sp³-hybridized carbons (Fsp3) is 0.667. The summed E-state index contributed by atoms with van der Waals surface area (Å²) < 4.78 is 5.45. The molecule has 0 aromatic carbocycles. The lowest BCUT2D eigenvalue weighted by molar-refractivity contribution is -0.385. The van der Waals surface area contributed by atoms with Gasteiger partial charge in [0.25, 0.3) is 5.88 Å². The van der Waals surface area contributed by atoms with Gasteiger partial charge in [-0.05, 0) is 20.0 Å². The van der Waals surface area contributed by atoms with Crippen LogP contribution in [0.3, 0.4) is 0 Å². The van der Waals surface area contributed by atoms with Crippen LogP contribution in [0.5, 0.6) is 5.88 Å². The van der Waals surface area contributed by atoms with E-state index in [1.165, 1.54) is 6.33 Å². The Labute approximate surface area is 118 Å². The SMILES string of the molecule is CCNc1ncnc(OCCN(CC)CC)c1[N+](=O)[O-]. The van der Waals surface area contributed by atoms with Crippen molar-refractivity contribution in [2.24, 2.45) is 0 Å². The molecule has 20 heavy (non-hydrogen) atoms. The van der Waals surface area contributed by atoms with Crippen LogP contribution in [0, 0.1) is 10.1 Å². The van der Waals surface area contributed by atoms with Gasteiger partial charge in [-0.15, -0.1) is 0 Å². The van der Waals surface area contributed by atoms with Gasteiger partial charge < -0.3 is 15.0 Å². The van der Waals surface area contributed by atoms with Crippen LogP contribution in [0.2, 0.25) is 0 Å². The molecule has 0 amide bonds. The average Bonchev–Trinajstić information content (AvgIpc) is 2.44. The predicted octanol–water partition coefficient (Wildman–Crippen LogP) is 1.54. The fourth-order valence-electron chi connectivity index (χ4n) is 1.74. The highest BCUT2D eigenvalue weighted by atomic mass is 16.6. The number of aromatic nitrogens is 2. The second-order valence-electron chi connectivity index (χ2n) is 4.04. The third kappa shape index (κ3) is 4.30. The van der Waals surface area contributed by atoms with Crippen molar-refractivity contribution in [3.05, 3.63) is 16.4 Å². The van der Waals surface area contributed by atoms with Gasteiger partial charge >= 0.3 is 5.69 Å². The molecular weight excluding hydrogens is 262 g/mol. The molecule has 8 nitrogen and oxygen atoms in total. The fourth-order valence-corrected chi connectivity index (χ4v) is 1.74. The Morgan fingerprint density at radius 2 is 2.05 bits per heavy atom. The van der Waals surface area contributed by atoms with E-state index in [4.69, 9.17) is 4.74 Å². The number of ether oxygens (including phenoxy) is 1. The van der Waals surface area contributed by atoms with E-state index in [2.05, 4.69) is 34.0 Å². The Hall–Kier alpha value is -1.96. The molecule has 0 saturated heterocycles. The van der Waals surface area contributed by atoms with Gasteiger partial charge in [0, 0.05) is 13.1 Å². The molecule has 0 unspecified atom stereocenters. The van der Waals surface area contributed by atoms with Crippen LogP contribution in [0.15, 0.2) is 6.33 Å². The summed E-state index contributed by atoms with van der Waals surface area (Å²) in [4.78, 5) is 20.5. The molecular formula is C12H21N5O3. The molecule has 0 fully saturated rings. The largest absolute Gasteiger partial charge is 0.471 e. The Kier molecular flexibility index (Phi) is 6.65. The lowest BCUT2D eigenvalue weighted by atomic mass is 10.4. The molecule has 0 spiro atoms. The first-order valence-corrected chi connectivity index (χ1v) is 6.72. The van der Waals surface area contributed by atoms with Crippen molar-refractivity contribution in [2.75, 3.05) is 38.1 Å². The molecule has 1 aromatic heterocycles. The van der Waals surface area contributed by atoms with E-state index < -0.39 is 4.92 Å². The zero-order chi connectivity index (χ0) is 15.0. The molecule has 1 rings (SSSR count). The van der Waals surface area contributed by atoms with Gasteiger partial charge in [-0.3, -0.25) is 10.1 Å². The van der Waals surface area contributed by atoms with Crippen molar-refractivity contribution in [3.63, 3.8) is 0 Å². The predicted molar refractivity (Wildman–Crippen MR) is 76.1 cm³/mol. The van der Waals surface area contributed by atoms with Gasteiger partial charge in [0.2, 0.25) is 5.82 Å². The highest BCUT2D eigenvalue weighted by Crippen LogP contribution is 2.30. The van der Waals surface area contributed by atoms with Crippen molar-refractivity contribution in [3.8, 4) is 5.88 Å². The average molecular weight is 283 g/mol. The zero-order valence-electron chi connectivity index (χ0n) is 12.1. The molecule has 1 N–H and O–H groups in total. The number of nitrogens with zero attached hydrogens (tertiary/aromatic N) is 4. The molecule has 0 aliphatic heterocycles. The van der Waals surface area contributed by atoms with E-state index in [0.717, 1.165) is 13.1 Å². The van der Waals surface area contributed by atoms with Crippen LogP contribution in [0.25, 0.3) is 0 Å². The van der Waals surface area contributed by atoms with Gasteiger partial charge in [-0.1, -0.05) is 13.8 Å². The monoisotopic (exact) mass is 283 g/mol. The van der Waals surface area contributed by atoms with Crippen molar-refractivity contribution in [1.82, 2.24) is 14.9 Å². The van der Waals surface area contributed by atoms with E-state index in [0.29, 0.717) is 19.7 Å². The van der Waals surface area contributed by atoms with E-state index in [9.17, 15) is 10.1 Å². The summed E-state index contributed by atoms with van der Waals surface area (Å²) in [7, 11) is 0. The second-order valence-corrected chi connectivity index (χ2v) is 4.04. The normalized spacial score (nSPS) is 10.6. The van der Waals surface area contributed by atoms with E-state index >= 15 is 0 Å². The van der Waals surface area contributed by atoms with Gasteiger partial charge in [0.1, 0.15) is 12.9 Å². The molecule has 0 aliphatic carbocycles. The summed E-state index contributed by atoms with van der Waals surface area (Å²) in [5, 5.41) is 14.0. The number of nitro groups is 1. The van der Waals surface area contributed by atoms with Crippen LogP contribution < -0.4 is 10.1 Å². The lowest BCUT2D eigenvalue weighted by Gasteiger charge is -2.17. The number of anilines is 1. The van der Waals surface area contributed by atoms with E-state index in [1.54, 1.807) is 0 Å². The molecule has 0 atom stereocenters. The third-order valence-electron chi connectivity index (χ3n) is 2.86. The quantitative estimate of drug-likeness (QED) is 0.542. The molecule has 1 heterocycles. The maximum Gasteiger partial charge on any atom is 0.372 e. The first-order chi connectivity index (χ1) is 9.63. The van der Waals surface area contributed by atoms with Crippen molar-refractivity contribution in [2.45, 2.75) is 20.8 Å². The highest BCUT2D eigenvalue weighted by Gasteiger charge is 2.24. The van der Waals surface area contributed by atoms with Gasteiger partial charge in [0.05, 0.1) is 4.92 Å².